The first-order valence-electron chi connectivity index (χ1n) is 2.04. The molecule has 0 amide bonds. The molecule has 0 unspecified atom stereocenters. The molecule has 0 aliphatic rings. The second-order valence-corrected chi connectivity index (χ2v) is 1.26. The van der Waals surface area contributed by atoms with Crippen molar-refractivity contribution in [1.29, 1.82) is 0 Å². The fraction of sp³-hybridized carbons (Fsp3) is 0. The molecule has 1 nitrogen and oxygen atoms in total. The van der Waals surface area contributed by atoms with Crippen LogP contribution in [0.1, 0.15) is 0 Å². The Morgan fingerprint density at radius 2 is 2.00 bits per heavy atom. The minimum absolute atomic E-state index is 0. The summed E-state index contributed by atoms with van der Waals surface area (Å²) in [5.74, 6) is 0.266. The Kier molecular flexibility index (Phi) is 10.3. The van der Waals surface area contributed by atoms with E-state index in [1.807, 2.05) is 0 Å². The monoisotopic (exact) mass is 569 g/mol. The molecule has 1 aromatic carbocycles. The van der Waals surface area contributed by atoms with E-state index in [1.54, 1.807) is 18.2 Å². The normalized spacial score (nSPS) is 6.67. The molecular weight excluding hydrogens is 564 g/mol. The second-order valence-electron chi connectivity index (χ2n) is 1.26. The summed E-state index contributed by atoms with van der Waals surface area (Å²) in [5.41, 5.74) is 0. The van der Waals surface area contributed by atoms with E-state index >= 15 is 0 Å². The predicted molar refractivity (Wildman–Crippen MR) is 26.9 cm³/mol. The third-order valence-electron chi connectivity index (χ3n) is 0.691. The van der Waals surface area contributed by atoms with E-state index in [9.17, 15) is 0 Å². The molecule has 0 bridgehead atoms. The Morgan fingerprint density at radius 1 is 1.33 bits per heavy atom. The van der Waals surface area contributed by atoms with Gasteiger partial charge in [0.2, 0.25) is 0 Å². The predicted octanol–water partition coefficient (Wildman–Crippen LogP) is 1.19. The molecule has 0 fully saturated rings. The summed E-state index contributed by atoms with van der Waals surface area (Å²) in [5, 5.41) is 8.60. The molecule has 0 radical (unpaired) electrons. The largest absolute Gasteiger partial charge is 0.566 e. The first kappa shape index (κ1) is 12.8. The van der Waals surface area contributed by atoms with Crippen LogP contribution >= 0.6 is 0 Å². The van der Waals surface area contributed by atoms with Gasteiger partial charge in [0, 0.05) is 68.0 Å². The third kappa shape index (κ3) is 5.56. The Balaban J connectivity index is 0. The minimum Gasteiger partial charge on any atom is -0.566 e. The summed E-state index contributed by atoms with van der Waals surface area (Å²) in [6.45, 7) is 0. The van der Waals surface area contributed by atoms with E-state index in [1.165, 1.54) is 6.07 Å². The van der Waals surface area contributed by atoms with Crippen molar-refractivity contribution in [3.63, 3.8) is 0 Å². The Labute approximate surface area is 102 Å². The van der Waals surface area contributed by atoms with Crippen molar-refractivity contribution in [3.05, 3.63) is 30.3 Å². The first-order chi connectivity index (χ1) is 3.39. The summed E-state index contributed by atoms with van der Waals surface area (Å²) < 4.78 is 0. The third-order valence-corrected chi connectivity index (χ3v) is 0.691. The zero-order valence-electron chi connectivity index (χ0n) is 4.76. The molecule has 0 aliphatic carbocycles. The Morgan fingerprint density at radius 3 is 2.22 bits per heavy atom. The van der Waals surface area contributed by atoms with Crippen LogP contribution in [-0.4, -0.2) is 5.11 Å². The van der Waals surface area contributed by atoms with Crippen molar-refractivity contribution in [3.8, 4) is 5.75 Å². The summed E-state index contributed by atoms with van der Waals surface area (Å²) in [4.78, 5) is 0. The topological polar surface area (TPSA) is 20.2 Å². The van der Waals surface area contributed by atoms with Gasteiger partial charge in [-0.05, 0) is 0 Å². The maximum atomic E-state index is 8.60. The summed E-state index contributed by atoms with van der Waals surface area (Å²) in [7, 11) is 0. The molecule has 3 heteroatoms. The number of aromatic hydroxyl groups is 1. The van der Waals surface area contributed by atoms with Crippen molar-refractivity contribution in [2.24, 2.45) is 0 Å². The van der Waals surface area contributed by atoms with Crippen LogP contribution in [-0.2, 0) is 0 Å². The number of rotatable bonds is 0. The van der Waals surface area contributed by atoms with Gasteiger partial charge in [-0.1, -0.05) is 0 Å². The molecule has 0 saturated heterocycles. The van der Waals surface area contributed by atoms with Gasteiger partial charge in [-0.2, -0.15) is 18.2 Å². The van der Waals surface area contributed by atoms with Crippen molar-refractivity contribution in [1.82, 2.24) is 0 Å². The van der Waals surface area contributed by atoms with E-state index in [0.29, 0.717) is 0 Å². The molecule has 0 aliphatic heterocycles. The Bertz CT molecular complexity index is 141. The molecule has 0 aromatic heterocycles. The van der Waals surface area contributed by atoms with Crippen molar-refractivity contribution < 1.29 is 67.3 Å². The van der Waals surface area contributed by atoms with Crippen LogP contribution in [0.5, 0.6) is 5.75 Å². The van der Waals surface area contributed by atoms with Gasteiger partial charge >= 0.3 is 0 Å². The van der Waals surface area contributed by atoms with Gasteiger partial charge in [-0.3, -0.25) is 0 Å². The molecule has 0 atom stereocenters. The van der Waals surface area contributed by atoms with E-state index < -0.39 is 0 Å². The van der Waals surface area contributed by atoms with Gasteiger partial charge in [-0.25, -0.2) is 0 Å². The quantitative estimate of drug-likeness (QED) is 0.466. The molecule has 0 saturated carbocycles. The maximum Gasteiger partial charge on any atom is 0.00321 e. The number of benzene rings is 1. The molecular formula is C6H5OU2-. The minimum atomic E-state index is 0. The molecule has 1 rings (SSSR count). The van der Waals surface area contributed by atoms with Crippen LogP contribution in [0.2, 0.25) is 0 Å². The molecule has 0 spiro atoms. The van der Waals surface area contributed by atoms with Gasteiger partial charge in [0.25, 0.3) is 0 Å². The number of phenols is 1. The fourth-order valence-corrected chi connectivity index (χ4v) is 0.384. The fourth-order valence-electron chi connectivity index (χ4n) is 0.384. The van der Waals surface area contributed by atoms with Gasteiger partial charge in [0.05, 0.1) is 0 Å². The molecule has 1 aromatic rings. The van der Waals surface area contributed by atoms with Gasteiger partial charge in [0.15, 0.2) is 0 Å². The summed E-state index contributed by atoms with van der Waals surface area (Å²) in [6.07, 6.45) is 0. The van der Waals surface area contributed by atoms with Crippen LogP contribution in [0.3, 0.4) is 0 Å². The summed E-state index contributed by atoms with van der Waals surface area (Å²) in [6, 6.07) is 9.30. The van der Waals surface area contributed by atoms with Gasteiger partial charge in [-0.15, -0.1) is 12.1 Å². The molecule has 0 heterocycles. The SMILES string of the molecule is Oc1c[c-]ccc1.[U].[U]. The average Bonchev–Trinajstić information content (AvgIpc) is 1.69. The molecule has 9 heavy (non-hydrogen) atoms. The second kappa shape index (κ2) is 7.23. The standard InChI is InChI=1S/C6H5O.2U/c7-6-4-2-1-3-5-6;;/h1-2,4-5,7H;;/q-1;;. The first-order valence-corrected chi connectivity index (χ1v) is 2.04. The van der Waals surface area contributed by atoms with E-state index in [2.05, 4.69) is 6.07 Å². The van der Waals surface area contributed by atoms with E-state index in [-0.39, 0.29) is 68.0 Å². The maximum absolute atomic E-state index is 8.60. The van der Waals surface area contributed by atoms with E-state index in [0.717, 1.165) is 0 Å². The van der Waals surface area contributed by atoms with Gasteiger partial charge in [0.1, 0.15) is 0 Å². The van der Waals surface area contributed by atoms with Crippen LogP contribution in [0.25, 0.3) is 0 Å². The Hall–Kier alpha value is 1.12. The number of hydrogen-bond acceptors (Lipinski definition) is 1. The van der Waals surface area contributed by atoms with Crippen LogP contribution < -0.4 is 0 Å². The summed E-state index contributed by atoms with van der Waals surface area (Å²) >= 11 is 0. The zero-order valence-corrected chi connectivity index (χ0v) is 13.1. The van der Waals surface area contributed by atoms with Crippen molar-refractivity contribution >= 4 is 0 Å². The van der Waals surface area contributed by atoms with Crippen LogP contribution in [0, 0.1) is 68.3 Å². The average molecular weight is 569 g/mol. The molecule has 1 N–H and O–H groups in total. The van der Waals surface area contributed by atoms with Crippen molar-refractivity contribution in [2.75, 3.05) is 0 Å². The van der Waals surface area contributed by atoms with Crippen LogP contribution in [0.4, 0.5) is 0 Å². The zero-order chi connectivity index (χ0) is 5.11. The smallest absolute Gasteiger partial charge is 0.00321 e. The van der Waals surface area contributed by atoms with Crippen molar-refractivity contribution in [2.45, 2.75) is 0 Å². The number of hydrogen-bond donors (Lipinski definition) is 1. The van der Waals surface area contributed by atoms with Crippen LogP contribution in [0.15, 0.2) is 24.3 Å². The number of phenolic OH excluding ortho intramolecular Hbond substituents is 1. The van der Waals surface area contributed by atoms with Gasteiger partial charge < -0.3 is 5.11 Å². The van der Waals surface area contributed by atoms with E-state index in [4.69, 9.17) is 5.11 Å². The molecule has 44 valence electrons.